The summed E-state index contributed by atoms with van der Waals surface area (Å²) in [4.78, 5) is 2.72. The predicted octanol–water partition coefficient (Wildman–Crippen LogP) is 4.03. The maximum absolute atomic E-state index is 3.18. The molecule has 2 atom stereocenters. The first-order valence-corrected chi connectivity index (χ1v) is 8.44. The molecule has 0 aromatic heterocycles. The van der Waals surface area contributed by atoms with E-state index >= 15 is 0 Å². The highest BCUT2D eigenvalue weighted by molar-refractivity contribution is 5.43. The van der Waals surface area contributed by atoms with E-state index in [9.17, 15) is 0 Å². The van der Waals surface area contributed by atoms with Crippen molar-refractivity contribution < 1.29 is 0 Å². The van der Waals surface area contributed by atoms with Gasteiger partial charge in [-0.05, 0) is 53.7 Å². The van der Waals surface area contributed by atoms with Crippen LogP contribution in [0.25, 0.3) is 0 Å². The van der Waals surface area contributed by atoms with Gasteiger partial charge < -0.3 is 10.2 Å². The number of nitrogens with zero attached hydrogens (tertiary/aromatic N) is 1. The first-order valence-electron chi connectivity index (χ1n) is 8.44. The summed E-state index contributed by atoms with van der Waals surface area (Å²) in [6.45, 7) is 11.3. The lowest BCUT2D eigenvalue weighted by Crippen LogP contribution is -2.52. The molecular weight excluding hydrogens is 256 g/mol. The Morgan fingerprint density at radius 2 is 1.90 bits per heavy atom. The Kier molecular flexibility index (Phi) is 3.77. The minimum atomic E-state index is 0.520. The second kappa shape index (κ2) is 5.31. The van der Waals surface area contributed by atoms with Crippen molar-refractivity contribution in [3.8, 4) is 0 Å². The SMILES string of the molecule is CNc1ccc(CCN2CC3CC[C@](C)(C2)C3(C)C)cc1. The largest absolute Gasteiger partial charge is 0.388 e. The third-order valence-corrected chi connectivity index (χ3v) is 6.63. The van der Waals surface area contributed by atoms with Crippen molar-refractivity contribution in [2.45, 2.75) is 40.0 Å². The fourth-order valence-corrected chi connectivity index (χ4v) is 4.44. The van der Waals surface area contributed by atoms with Gasteiger partial charge in [0.15, 0.2) is 0 Å². The number of hydrogen-bond donors (Lipinski definition) is 1. The predicted molar refractivity (Wildman–Crippen MR) is 90.7 cm³/mol. The number of hydrogen-bond acceptors (Lipinski definition) is 2. The maximum Gasteiger partial charge on any atom is 0.0337 e. The zero-order chi connectivity index (χ0) is 15.1. The van der Waals surface area contributed by atoms with Crippen molar-refractivity contribution in [2.75, 3.05) is 32.0 Å². The summed E-state index contributed by atoms with van der Waals surface area (Å²) in [5, 5.41) is 3.18. The zero-order valence-electron chi connectivity index (χ0n) is 14.1. The van der Waals surface area contributed by atoms with Gasteiger partial charge in [0.1, 0.15) is 0 Å². The highest BCUT2D eigenvalue weighted by atomic mass is 15.2. The molecule has 116 valence electrons. The molecule has 1 N–H and O–H groups in total. The molecular formula is C19H30N2. The molecule has 0 spiro atoms. The van der Waals surface area contributed by atoms with Crippen molar-refractivity contribution in [3.05, 3.63) is 29.8 Å². The third-order valence-electron chi connectivity index (χ3n) is 6.63. The fourth-order valence-electron chi connectivity index (χ4n) is 4.44. The molecule has 1 aromatic rings. The van der Waals surface area contributed by atoms with Gasteiger partial charge >= 0.3 is 0 Å². The van der Waals surface area contributed by atoms with Gasteiger partial charge in [-0.25, -0.2) is 0 Å². The van der Waals surface area contributed by atoms with E-state index in [1.165, 1.54) is 50.1 Å². The van der Waals surface area contributed by atoms with Crippen LogP contribution in [0.2, 0.25) is 0 Å². The topological polar surface area (TPSA) is 15.3 Å². The van der Waals surface area contributed by atoms with Crippen LogP contribution in [-0.2, 0) is 6.42 Å². The molecule has 1 aliphatic heterocycles. The number of piperidine rings is 1. The Hall–Kier alpha value is -1.02. The van der Waals surface area contributed by atoms with Gasteiger partial charge in [-0.2, -0.15) is 0 Å². The average molecular weight is 286 g/mol. The summed E-state index contributed by atoms with van der Waals surface area (Å²) in [6.07, 6.45) is 4.02. The lowest BCUT2D eigenvalue weighted by atomic mass is 9.63. The molecule has 2 nitrogen and oxygen atoms in total. The number of rotatable bonds is 4. The van der Waals surface area contributed by atoms with Crippen molar-refractivity contribution in [1.29, 1.82) is 0 Å². The summed E-state index contributed by atoms with van der Waals surface area (Å²) in [7, 11) is 1.97. The smallest absolute Gasteiger partial charge is 0.0337 e. The van der Waals surface area contributed by atoms with Gasteiger partial charge in [-0.15, -0.1) is 0 Å². The summed E-state index contributed by atoms with van der Waals surface area (Å²) >= 11 is 0. The highest BCUT2D eigenvalue weighted by Crippen LogP contribution is 2.58. The Morgan fingerprint density at radius 1 is 1.19 bits per heavy atom. The lowest BCUT2D eigenvalue weighted by molar-refractivity contribution is -0.0169. The summed E-state index contributed by atoms with van der Waals surface area (Å²) in [5.41, 5.74) is 3.70. The van der Waals surface area contributed by atoms with Crippen molar-refractivity contribution in [2.24, 2.45) is 16.7 Å². The first kappa shape index (κ1) is 14.9. The molecule has 2 heteroatoms. The molecule has 1 heterocycles. The minimum Gasteiger partial charge on any atom is -0.388 e. The number of nitrogens with one attached hydrogen (secondary N) is 1. The minimum absolute atomic E-state index is 0.520. The zero-order valence-corrected chi connectivity index (χ0v) is 14.1. The molecule has 1 aliphatic carbocycles. The van der Waals surface area contributed by atoms with Gasteiger partial charge in [0.05, 0.1) is 0 Å². The highest BCUT2D eigenvalue weighted by Gasteiger charge is 2.55. The molecule has 1 saturated heterocycles. The van der Waals surface area contributed by atoms with Crippen LogP contribution in [0.15, 0.2) is 24.3 Å². The molecule has 21 heavy (non-hydrogen) atoms. The van der Waals surface area contributed by atoms with E-state index in [1.807, 2.05) is 7.05 Å². The monoisotopic (exact) mass is 286 g/mol. The van der Waals surface area contributed by atoms with Crippen molar-refractivity contribution in [1.82, 2.24) is 4.90 Å². The summed E-state index contributed by atoms with van der Waals surface area (Å²) < 4.78 is 0. The second-order valence-corrected chi connectivity index (χ2v) is 7.95. The second-order valence-electron chi connectivity index (χ2n) is 7.95. The Morgan fingerprint density at radius 3 is 2.52 bits per heavy atom. The van der Waals surface area contributed by atoms with Crippen LogP contribution >= 0.6 is 0 Å². The summed E-state index contributed by atoms with van der Waals surface area (Å²) in [5.74, 6) is 0.892. The molecule has 2 fully saturated rings. The number of fused-ring (bicyclic) bond motifs is 2. The standard InChI is InChI=1S/C19H30N2/c1-18(2)16-9-11-19(18,3)14-21(13-16)12-10-15-5-7-17(20-4)8-6-15/h5-8,16,20H,9-14H2,1-4H3/t16?,19-/m1/s1. The molecule has 2 aliphatic rings. The van der Waals surface area contributed by atoms with E-state index in [0.717, 1.165) is 5.92 Å². The normalized spacial score (nSPS) is 31.3. The Labute approximate surface area is 129 Å². The van der Waals surface area contributed by atoms with Gasteiger partial charge in [0, 0.05) is 32.4 Å². The van der Waals surface area contributed by atoms with Crippen LogP contribution in [0, 0.1) is 16.7 Å². The lowest BCUT2D eigenvalue weighted by Gasteiger charge is -2.50. The number of benzene rings is 1. The van der Waals surface area contributed by atoms with Gasteiger partial charge in [-0.3, -0.25) is 0 Å². The molecule has 2 bridgehead atoms. The van der Waals surface area contributed by atoms with E-state index in [1.54, 1.807) is 0 Å². The molecule has 0 radical (unpaired) electrons. The number of likely N-dealkylation sites (tertiary alicyclic amines) is 1. The molecule has 3 rings (SSSR count). The van der Waals surface area contributed by atoms with Crippen LogP contribution in [0.4, 0.5) is 5.69 Å². The van der Waals surface area contributed by atoms with Gasteiger partial charge in [0.2, 0.25) is 0 Å². The van der Waals surface area contributed by atoms with Crippen molar-refractivity contribution in [3.63, 3.8) is 0 Å². The van der Waals surface area contributed by atoms with E-state index in [-0.39, 0.29) is 0 Å². The van der Waals surface area contributed by atoms with E-state index in [4.69, 9.17) is 0 Å². The van der Waals surface area contributed by atoms with Gasteiger partial charge in [0.25, 0.3) is 0 Å². The molecule has 1 aromatic carbocycles. The molecule has 0 amide bonds. The maximum atomic E-state index is 3.18. The van der Waals surface area contributed by atoms with Crippen LogP contribution in [0.3, 0.4) is 0 Å². The Bertz CT molecular complexity index is 491. The third kappa shape index (κ3) is 2.59. The van der Waals surface area contributed by atoms with Crippen LogP contribution < -0.4 is 5.32 Å². The van der Waals surface area contributed by atoms with E-state index in [2.05, 4.69) is 55.3 Å². The Balaban J connectivity index is 1.60. The first-order chi connectivity index (χ1) is 9.94. The van der Waals surface area contributed by atoms with Gasteiger partial charge in [-0.1, -0.05) is 32.9 Å². The quantitative estimate of drug-likeness (QED) is 0.899. The van der Waals surface area contributed by atoms with E-state index in [0.29, 0.717) is 10.8 Å². The number of anilines is 1. The van der Waals surface area contributed by atoms with E-state index < -0.39 is 0 Å². The van der Waals surface area contributed by atoms with Crippen LogP contribution in [-0.4, -0.2) is 31.6 Å². The molecule has 1 saturated carbocycles. The average Bonchev–Trinajstić information content (AvgIpc) is 2.63. The summed E-state index contributed by atoms with van der Waals surface area (Å²) in [6, 6.07) is 8.88. The van der Waals surface area contributed by atoms with Crippen LogP contribution in [0.5, 0.6) is 0 Å². The molecule has 1 unspecified atom stereocenters. The van der Waals surface area contributed by atoms with Crippen molar-refractivity contribution >= 4 is 5.69 Å². The van der Waals surface area contributed by atoms with Crippen LogP contribution in [0.1, 0.15) is 39.2 Å². The fraction of sp³-hybridized carbons (Fsp3) is 0.684.